The Kier molecular flexibility index (Phi) is 7.36. The average molecular weight is 523 g/mol. The number of nitrogens with one attached hydrogen (secondary N) is 2. The smallest absolute Gasteiger partial charge is 0.258 e. The molecule has 0 atom stereocenters. The van der Waals surface area contributed by atoms with E-state index in [1.165, 1.54) is 0 Å². The van der Waals surface area contributed by atoms with E-state index in [-0.39, 0.29) is 16.9 Å². The highest BCUT2D eigenvalue weighted by Crippen LogP contribution is 2.21. The van der Waals surface area contributed by atoms with Gasteiger partial charge in [0.1, 0.15) is 0 Å². The molecule has 1 heterocycles. The third kappa shape index (κ3) is 5.77. The van der Waals surface area contributed by atoms with Crippen LogP contribution >= 0.6 is 28.1 Å². The van der Waals surface area contributed by atoms with E-state index in [2.05, 4.69) is 31.5 Å². The van der Waals surface area contributed by atoms with Gasteiger partial charge in [0.15, 0.2) is 5.11 Å². The van der Waals surface area contributed by atoms with E-state index in [0.29, 0.717) is 23.1 Å². The summed E-state index contributed by atoms with van der Waals surface area (Å²) in [6.07, 6.45) is 0. The molecule has 168 valence electrons. The first-order chi connectivity index (χ1) is 16.0. The molecular weight excluding hydrogens is 500 g/mol. The maximum absolute atomic E-state index is 12.6. The molecular formula is C25H23BrN4O2S. The van der Waals surface area contributed by atoms with Crippen LogP contribution in [0, 0.1) is 0 Å². The normalized spacial score (nSPS) is 13.4. The molecule has 8 heteroatoms. The highest BCUT2D eigenvalue weighted by molar-refractivity contribution is 9.10. The summed E-state index contributed by atoms with van der Waals surface area (Å²) in [5.41, 5.74) is 3.11. The molecule has 1 fully saturated rings. The number of nitrogens with zero attached hydrogens (tertiary/aromatic N) is 2. The molecule has 1 saturated heterocycles. The molecule has 0 spiro atoms. The van der Waals surface area contributed by atoms with Gasteiger partial charge in [0.25, 0.3) is 11.8 Å². The molecule has 0 aromatic heterocycles. The molecule has 1 aliphatic heterocycles. The Morgan fingerprint density at radius 3 is 2.12 bits per heavy atom. The summed E-state index contributed by atoms with van der Waals surface area (Å²) in [6.45, 7) is 2.90. The minimum atomic E-state index is -0.278. The van der Waals surface area contributed by atoms with Crippen molar-refractivity contribution in [3.8, 4) is 0 Å². The van der Waals surface area contributed by atoms with Crippen molar-refractivity contribution in [2.24, 2.45) is 0 Å². The van der Waals surface area contributed by atoms with Crippen LogP contribution in [0.25, 0.3) is 0 Å². The van der Waals surface area contributed by atoms with Crippen molar-refractivity contribution < 1.29 is 9.59 Å². The van der Waals surface area contributed by atoms with Gasteiger partial charge < -0.3 is 15.1 Å². The molecule has 33 heavy (non-hydrogen) atoms. The predicted octanol–water partition coefficient (Wildman–Crippen LogP) is 4.54. The number of carbonyl (C=O) groups excluding carboxylic acids is 2. The number of amides is 2. The number of benzene rings is 3. The van der Waals surface area contributed by atoms with Gasteiger partial charge in [-0.15, -0.1) is 0 Å². The maximum Gasteiger partial charge on any atom is 0.258 e. The van der Waals surface area contributed by atoms with Crippen LogP contribution in [0.2, 0.25) is 0 Å². The molecule has 0 saturated carbocycles. The molecule has 6 nitrogen and oxygen atoms in total. The molecule has 3 aromatic carbocycles. The van der Waals surface area contributed by atoms with E-state index < -0.39 is 0 Å². The summed E-state index contributed by atoms with van der Waals surface area (Å²) in [5.74, 6) is -0.201. The van der Waals surface area contributed by atoms with Gasteiger partial charge in [-0.2, -0.15) is 0 Å². The van der Waals surface area contributed by atoms with Crippen molar-refractivity contribution in [3.05, 3.63) is 94.5 Å². The number of anilines is 2. The second-order valence-electron chi connectivity index (χ2n) is 7.58. The number of halogens is 1. The van der Waals surface area contributed by atoms with E-state index >= 15 is 0 Å². The van der Waals surface area contributed by atoms with Gasteiger partial charge in [0.05, 0.1) is 5.56 Å². The minimum absolute atomic E-state index is 0.0767. The predicted molar refractivity (Wildman–Crippen MR) is 139 cm³/mol. The summed E-state index contributed by atoms with van der Waals surface area (Å²) >= 11 is 8.66. The lowest BCUT2D eigenvalue weighted by atomic mass is 10.1. The number of rotatable bonds is 4. The van der Waals surface area contributed by atoms with Gasteiger partial charge in [-0.25, -0.2) is 0 Å². The quantitative estimate of drug-likeness (QED) is 0.492. The first-order valence-electron chi connectivity index (χ1n) is 10.6. The van der Waals surface area contributed by atoms with Crippen LogP contribution in [0.4, 0.5) is 11.4 Å². The fraction of sp³-hybridized carbons (Fsp3) is 0.160. The number of hydrogen-bond donors (Lipinski definition) is 2. The molecule has 1 aliphatic rings. The minimum Gasteiger partial charge on any atom is -0.368 e. The van der Waals surface area contributed by atoms with Crippen molar-refractivity contribution >= 4 is 56.4 Å². The van der Waals surface area contributed by atoms with Crippen molar-refractivity contribution in [2.45, 2.75) is 0 Å². The maximum atomic E-state index is 12.6. The summed E-state index contributed by atoms with van der Waals surface area (Å²) in [4.78, 5) is 29.2. The molecule has 0 radical (unpaired) electrons. The van der Waals surface area contributed by atoms with Gasteiger partial charge >= 0.3 is 0 Å². The molecule has 0 bridgehead atoms. The number of hydrogen-bond acceptors (Lipinski definition) is 4. The standard InChI is InChI=1S/C25H23BrN4O2S/c26-22-9-5-4-8-21(22)23(31)28-25(33)27-19-10-12-20(13-11-19)29-14-16-30(17-15-29)24(32)18-6-2-1-3-7-18/h1-13H,14-17H2,(H2,27,28,31,33). The van der Waals surface area contributed by atoms with Crippen LogP contribution < -0.4 is 15.5 Å². The Morgan fingerprint density at radius 2 is 1.45 bits per heavy atom. The van der Waals surface area contributed by atoms with Gasteiger partial charge in [0.2, 0.25) is 0 Å². The Bertz CT molecular complexity index is 1150. The van der Waals surface area contributed by atoms with E-state index in [1.54, 1.807) is 12.1 Å². The highest BCUT2D eigenvalue weighted by atomic mass is 79.9. The zero-order chi connectivity index (χ0) is 23.2. The number of piperazine rings is 1. The van der Waals surface area contributed by atoms with Crippen molar-refractivity contribution in [1.82, 2.24) is 10.2 Å². The Labute approximate surface area is 206 Å². The van der Waals surface area contributed by atoms with Crippen LogP contribution in [0.1, 0.15) is 20.7 Å². The van der Waals surface area contributed by atoms with Crippen LogP contribution in [-0.4, -0.2) is 48.0 Å². The highest BCUT2D eigenvalue weighted by Gasteiger charge is 2.22. The topological polar surface area (TPSA) is 64.7 Å². The van der Waals surface area contributed by atoms with Crippen molar-refractivity contribution in [2.75, 3.05) is 36.4 Å². The number of carbonyl (C=O) groups is 2. The van der Waals surface area contributed by atoms with Crippen LogP contribution in [0.15, 0.2) is 83.3 Å². The van der Waals surface area contributed by atoms with Gasteiger partial charge in [-0.3, -0.25) is 14.9 Å². The van der Waals surface area contributed by atoms with E-state index in [9.17, 15) is 9.59 Å². The van der Waals surface area contributed by atoms with Crippen LogP contribution in [-0.2, 0) is 0 Å². The lowest BCUT2D eigenvalue weighted by Crippen LogP contribution is -2.48. The van der Waals surface area contributed by atoms with Gasteiger partial charge in [-0.05, 0) is 76.7 Å². The van der Waals surface area contributed by atoms with E-state index in [4.69, 9.17) is 12.2 Å². The first kappa shape index (κ1) is 22.9. The monoisotopic (exact) mass is 522 g/mol. The fourth-order valence-electron chi connectivity index (χ4n) is 3.66. The third-order valence-electron chi connectivity index (χ3n) is 5.42. The largest absolute Gasteiger partial charge is 0.368 e. The van der Waals surface area contributed by atoms with Crippen LogP contribution in [0.3, 0.4) is 0 Å². The van der Waals surface area contributed by atoms with Gasteiger partial charge in [-0.1, -0.05) is 30.3 Å². The SMILES string of the molecule is O=C(NC(=S)Nc1ccc(N2CCN(C(=O)c3ccccc3)CC2)cc1)c1ccccc1Br. The number of thiocarbonyl (C=S) groups is 1. The molecule has 2 amide bonds. The molecule has 4 rings (SSSR count). The van der Waals surface area contributed by atoms with Crippen LogP contribution in [0.5, 0.6) is 0 Å². The van der Waals surface area contributed by atoms with Crippen molar-refractivity contribution in [1.29, 1.82) is 0 Å². The first-order valence-corrected chi connectivity index (χ1v) is 11.8. The Balaban J connectivity index is 1.29. The summed E-state index contributed by atoms with van der Waals surface area (Å²) in [6, 6.07) is 24.4. The summed E-state index contributed by atoms with van der Waals surface area (Å²) in [7, 11) is 0. The lowest BCUT2D eigenvalue weighted by molar-refractivity contribution is 0.0746. The second-order valence-corrected chi connectivity index (χ2v) is 8.84. The summed E-state index contributed by atoms with van der Waals surface area (Å²) < 4.78 is 0.709. The second kappa shape index (κ2) is 10.6. The molecule has 3 aromatic rings. The van der Waals surface area contributed by atoms with Gasteiger partial charge in [0, 0.05) is 47.6 Å². The van der Waals surface area contributed by atoms with E-state index in [1.807, 2.05) is 71.6 Å². The average Bonchev–Trinajstić information content (AvgIpc) is 2.85. The molecule has 0 unspecified atom stereocenters. The Hall–Kier alpha value is -3.23. The van der Waals surface area contributed by atoms with Crippen molar-refractivity contribution in [3.63, 3.8) is 0 Å². The lowest BCUT2D eigenvalue weighted by Gasteiger charge is -2.36. The third-order valence-corrected chi connectivity index (χ3v) is 6.32. The fourth-order valence-corrected chi connectivity index (χ4v) is 4.34. The zero-order valence-corrected chi connectivity index (χ0v) is 20.2. The Morgan fingerprint density at radius 1 is 0.818 bits per heavy atom. The van der Waals surface area contributed by atoms with E-state index in [0.717, 1.165) is 30.0 Å². The summed E-state index contributed by atoms with van der Waals surface area (Å²) in [5, 5.41) is 5.97. The molecule has 0 aliphatic carbocycles. The molecule has 2 N–H and O–H groups in total. The zero-order valence-electron chi connectivity index (χ0n) is 17.8.